The van der Waals surface area contributed by atoms with Crippen molar-refractivity contribution in [3.8, 4) is 0 Å². The minimum absolute atomic E-state index is 0.168. The number of nitrogens with two attached hydrogens (primary N) is 1. The Balaban J connectivity index is 3.02. The monoisotopic (exact) mass is 231 g/mol. The first-order valence-electron chi connectivity index (χ1n) is 3.58. The van der Waals surface area contributed by atoms with E-state index in [9.17, 15) is 4.79 Å². The molecule has 0 aromatic carbocycles. The van der Waals surface area contributed by atoms with E-state index in [2.05, 4.69) is 15.9 Å². The molecule has 1 rings (SSSR count). The molecule has 0 radical (unpaired) electrons. The Bertz CT molecular complexity index is 304. The molecule has 4 heteroatoms. The van der Waals surface area contributed by atoms with Crippen LogP contribution in [0.15, 0.2) is 15.2 Å². The molecule has 0 saturated heterocycles. The van der Waals surface area contributed by atoms with Crippen molar-refractivity contribution in [2.24, 2.45) is 5.73 Å². The zero-order chi connectivity index (χ0) is 9.30. The largest absolute Gasteiger partial charge is 0.446 e. The number of Topliss-reactive ketones (excluding diaryl/α,β-unsaturated/α-hetero) is 1. The molecule has 1 unspecified atom stereocenters. The first kappa shape index (κ1) is 9.48. The maximum absolute atomic E-state index is 11.3. The van der Waals surface area contributed by atoms with Crippen LogP contribution >= 0.6 is 15.9 Å². The van der Waals surface area contributed by atoms with Crippen molar-refractivity contribution >= 4 is 21.7 Å². The smallest absolute Gasteiger partial charge is 0.214 e. The molecule has 2 N–H and O–H groups in total. The maximum atomic E-state index is 11.3. The summed E-state index contributed by atoms with van der Waals surface area (Å²) < 4.78 is 5.68. The standard InChI is InChI=1S/C8H10BrNO2/c1-4-3-6(9)12-8(4)7(11)5(2)10/h3,5H,10H2,1-2H3. The quantitative estimate of drug-likeness (QED) is 0.792. The Kier molecular flexibility index (Phi) is 2.69. The van der Waals surface area contributed by atoms with Gasteiger partial charge < -0.3 is 10.2 Å². The van der Waals surface area contributed by atoms with Gasteiger partial charge in [-0.05, 0) is 41.4 Å². The van der Waals surface area contributed by atoms with Gasteiger partial charge in [-0.2, -0.15) is 0 Å². The van der Waals surface area contributed by atoms with Gasteiger partial charge in [0.2, 0.25) is 5.78 Å². The van der Waals surface area contributed by atoms with Crippen LogP contribution in [-0.4, -0.2) is 11.8 Å². The fraction of sp³-hybridized carbons (Fsp3) is 0.375. The second kappa shape index (κ2) is 3.41. The van der Waals surface area contributed by atoms with Crippen LogP contribution in [0.4, 0.5) is 0 Å². The third-order valence-electron chi connectivity index (χ3n) is 1.53. The first-order valence-corrected chi connectivity index (χ1v) is 4.37. The van der Waals surface area contributed by atoms with Crippen LogP contribution in [0.3, 0.4) is 0 Å². The van der Waals surface area contributed by atoms with Gasteiger partial charge in [-0.25, -0.2) is 0 Å². The normalized spacial score (nSPS) is 13.0. The summed E-state index contributed by atoms with van der Waals surface area (Å²) in [6, 6.07) is 1.23. The number of aryl methyl sites for hydroxylation is 1. The fourth-order valence-corrected chi connectivity index (χ4v) is 1.40. The third kappa shape index (κ3) is 1.76. The van der Waals surface area contributed by atoms with Crippen LogP contribution in [0.1, 0.15) is 23.0 Å². The third-order valence-corrected chi connectivity index (χ3v) is 1.92. The molecule has 1 heterocycles. The van der Waals surface area contributed by atoms with E-state index < -0.39 is 6.04 Å². The van der Waals surface area contributed by atoms with Crippen LogP contribution in [0.5, 0.6) is 0 Å². The van der Waals surface area contributed by atoms with Crippen LogP contribution in [-0.2, 0) is 0 Å². The number of ketones is 1. The molecule has 0 fully saturated rings. The zero-order valence-corrected chi connectivity index (χ0v) is 8.51. The molecular weight excluding hydrogens is 222 g/mol. The van der Waals surface area contributed by atoms with E-state index in [-0.39, 0.29) is 5.78 Å². The number of hydrogen-bond donors (Lipinski definition) is 1. The van der Waals surface area contributed by atoms with Crippen LogP contribution in [0, 0.1) is 6.92 Å². The zero-order valence-electron chi connectivity index (χ0n) is 6.93. The molecule has 66 valence electrons. The van der Waals surface area contributed by atoms with Gasteiger partial charge in [0.15, 0.2) is 10.4 Å². The first-order chi connectivity index (χ1) is 5.52. The number of carbonyl (C=O) groups excluding carboxylic acids is 1. The molecule has 0 spiro atoms. The van der Waals surface area contributed by atoms with Crippen molar-refractivity contribution in [3.05, 3.63) is 22.1 Å². The van der Waals surface area contributed by atoms with E-state index in [0.29, 0.717) is 10.4 Å². The highest BCUT2D eigenvalue weighted by atomic mass is 79.9. The number of carbonyl (C=O) groups is 1. The number of hydrogen-bond acceptors (Lipinski definition) is 3. The molecule has 0 aliphatic carbocycles. The van der Waals surface area contributed by atoms with E-state index in [4.69, 9.17) is 10.2 Å². The summed E-state index contributed by atoms with van der Waals surface area (Å²) in [6.45, 7) is 3.45. The van der Waals surface area contributed by atoms with Crippen LogP contribution in [0.25, 0.3) is 0 Å². The summed E-state index contributed by atoms with van der Waals surface area (Å²) >= 11 is 3.14. The van der Waals surface area contributed by atoms with Crippen LogP contribution in [0.2, 0.25) is 0 Å². The molecule has 12 heavy (non-hydrogen) atoms. The summed E-state index contributed by atoms with van der Waals surface area (Å²) in [5, 5.41) is 0. The summed E-state index contributed by atoms with van der Waals surface area (Å²) in [5.41, 5.74) is 6.23. The van der Waals surface area contributed by atoms with E-state index in [1.807, 2.05) is 6.92 Å². The summed E-state index contributed by atoms with van der Waals surface area (Å²) in [6.07, 6.45) is 0. The number of halogens is 1. The molecule has 0 saturated carbocycles. The highest BCUT2D eigenvalue weighted by molar-refractivity contribution is 9.10. The average molecular weight is 232 g/mol. The van der Waals surface area contributed by atoms with E-state index in [0.717, 1.165) is 5.56 Å². The Labute approximate surface area is 79.1 Å². The van der Waals surface area contributed by atoms with E-state index in [1.165, 1.54) is 0 Å². The Morgan fingerprint density at radius 2 is 2.33 bits per heavy atom. The fourth-order valence-electron chi connectivity index (χ4n) is 0.895. The molecule has 1 aromatic rings. The van der Waals surface area contributed by atoms with Gasteiger partial charge in [0.05, 0.1) is 6.04 Å². The lowest BCUT2D eigenvalue weighted by atomic mass is 10.1. The van der Waals surface area contributed by atoms with Gasteiger partial charge in [0, 0.05) is 0 Å². The summed E-state index contributed by atoms with van der Waals surface area (Å²) in [7, 11) is 0. The minimum atomic E-state index is -0.512. The Morgan fingerprint density at radius 3 is 2.67 bits per heavy atom. The Hall–Kier alpha value is -0.610. The molecule has 0 aliphatic heterocycles. The molecule has 0 bridgehead atoms. The van der Waals surface area contributed by atoms with Crippen LogP contribution < -0.4 is 5.73 Å². The van der Waals surface area contributed by atoms with Gasteiger partial charge in [-0.15, -0.1) is 0 Å². The lowest BCUT2D eigenvalue weighted by molar-refractivity contribution is 0.0938. The predicted octanol–water partition coefficient (Wildman–Crippen LogP) is 1.88. The summed E-state index contributed by atoms with van der Waals surface area (Å²) in [4.78, 5) is 11.3. The SMILES string of the molecule is Cc1cc(Br)oc1C(=O)C(C)N. The highest BCUT2D eigenvalue weighted by Gasteiger charge is 2.17. The topological polar surface area (TPSA) is 56.2 Å². The van der Waals surface area contributed by atoms with Gasteiger partial charge in [-0.3, -0.25) is 4.79 Å². The lowest BCUT2D eigenvalue weighted by Crippen LogP contribution is -2.26. The lowest BCUT2D eigenvalue weighted by Gasteiger charge is -2.00. The van der Waals surface area contributed by atoms with Crippen molar-refractivity contribution in [3.63, 3.8) is 0 Å². The second-order valence-corrected chi connectivity index (χ2v) is 3.50. The summed E-state index contributed by atoms with van der Waals surface area (Å²) in [5.74, 6) is 0.176. The highest BCUT2D eigenvalue weighted by Crippen LogP contribution is 2.20. The van der Waals surface area contributed by atoms with Crippen molar-refractivity contribution in [2.45, 2.75) is 19.9 Å². The van der Waals surface area contributed by atoms with Gasteiger partial charge in [0.1, 0.15) is 0 Å². The van der Waals surface area contributed by atoms with Gasteiger partial charge in [0.25, 0.3) is 0 Å². The molecule has 1 atom stereocenters. The number of rotatable bonds is 2. The minimum Gasteiger partial charge on any atom is -0.446 e. The molecule has 0 aliphatic rings. The average Bonchev–Trinajstić information content (AvgIpc) is 2.28. The molecule has 3 nitrogen and oxygen atoms in total. The van der Waals surface area contributed by atoms with Crippen molar-refractivity contribution < 1.29 is 9.21 Å². The van der Waals surface area contributed by atoms with Crippen molar-refractivity contribution in [2.75, 3.05) is 0 Å². The maximum Gasteiger partial charge on any atom is 0.214 e. The number of furan rings is 1. The molecular formula is C8H10BrNO2. The van der Waals surface area contributed by atoms with E-state index >= 15 is 0 Å². The second-order valence-electron chi connectivity index (χ2n) is 2.72. The molecule has 0 amide bonds. The predicted molar refractivity (Wildman–Crippen MR) is 49.1 cm³/mol. The van der Waals surface area contributed by atoms with Gasteiger partial charge in [-0.1, -0.05) is 0 Å². The van der Waals surface area contributed by atoms with E-state index in [1.54, 1.807) is 13.0 Å². The molecule has 1 aromatic heterocycles. The van der Waals surface area contributed by atoms with Gasteiger partial charge >= 0.3 is 0 Å². The van der Waals surface area contributed by atoms with Crippen molar-refractivity contribution in [1.29, 1.82) is 0 Å². The Morgan fingerprint density at radius 1 is 1.75 bits per heavy atom. The van der Waals surface area contributed by atoms with Crippen molar-refractivity contribution in [1.82, 2.24) is 0 Å².